The summed E-state index contributed by atoms with van der Waals surface area (Å²) in [5.74, 6) is 0.00803. The van der Waals surface area contributed by atoms with Crippen LogP contribution in [0.15, 0.2) is 40.9 Å². The molecule has 0 saturated heterocycles. The summed E-state index contributed by atoms with van der Waals surface area (Å²) in [6, 6.07) is 11.1. The smallest absolute Gasteiger partial charge is 0.194 e. The molecule has 18 heavy (non-hydrogen) atoms. The Hall–Kier alpha value is -1.61. The van der Waals surface area contributed by atoms with Crippen molar-refractivity contribution in [2.24, 2.45) is 0 Å². The van der Waals surface area contributed by atoms with Crippen molar-refractivity contribution in [3.8, 4) is 0 Å². The summed E-state index contributed by atoms with van der Waals surface area (Å²) in [7, 11) is 0. The van der Waals surface area contributed by atoms with E-state index in [1.807, 2.05) is 38.1 Å². The molecule has 92 valence electrons. The van der Waals surface area contributed by atoms with E-state index in [4.69, 9.17) is 5.73 Å². The number of halogens is 1. The van der Waals surface area contributed by atoms with Crippen LogP contribution < -0.4 is 5.73 Å². The monoisotopic (exact) mass is 303 g/mol. The fourth-order valence-corrected chi connectivity index (χ4v) is 2.21. The summed E-state index contributed by atoms with van der Waals surface area (Å²) >= 11 is 3.42. The van der Waals surface area contributed by atoms with Crippen LogP contribution >= 0.6 is 15.9 Å². The lowest BCUT2D eigenvalue weighted by Crippen LogP contribution is -2.04. The quantitative estimate of drug-likeness (QED) is 0.676. The average Bonchev–Trinajstić information content (AvgIpc) is 2.35. The predicted molar refractivity (Wildman–Crippen MR) is 77.9 cm³/mol. The van der Waals surface area contributed by atoms with Gasteiger partial charge in [-0.25, -0.2) is 0 Å². The molecular weight excluding hydrogens is 290 g/mol. The van der Waals surface area contributed by atoms with Crippen molar-refractivity contribution in [2.45, 2.75) is 13.8 Å². The third-order valence-corrected chi connectivity index (χ3v) is 3.59. The van der Waals surface area contributed by atoms with Crippen LogP contribution in [0.25, 0.3) is 0 Å². The molecule has 0 aliphatic heterocycles. The highest BCUT2D eigenvalue weighted by Crippen LogP contribution is 2.23. The molecule has 0 saturated carbocycles. The van der Waals surface area contributed by atoms with Crippen molar-refractivity contribution in [3.05, 3.63) is 63.1 Å². The molecule has 2 nitrogen and oxygen atoms in total. The Balaban J connectivity index is 2.47. The molecule has 3 heteroatoms. The molecular formula is C15H14BrNO. The van der Waals surface area contributed by atoms with E-state index in [1.54, 1.807) is 12.1 Å². The number of anilines is 1. The third-order valence-electron chi connectivity index (χ3n) is 2.90. The summed E-state index contributed by atoms with van der Waals surface area (Å²) in [5, 5.41) is 0. The zero-order chi connectivity index (χ0) is 13.3. The van der Waals surface area contributed by atoms with E-state index in [-0.39, 0.29) is 5.78 Å². The van der Waals surface area contributed by atoms with Gasteiger partial charge in [0.2, 0.25) is 0 Å². The van der Waals surface area contributed by atoms with Gasteiger partial charge in [0, 0.05) is 21.3 Å². The van der Waals surface area contributed by atoms with E-state index in [0.29, 0.717) is 16.8 Å². The molecule has 2 aromatic carbocycles. The van der Waals surface area contributed by atoms with Crippen LogP contribution in [-0.4, -0.2) is 5.78 Å². The number of hydrogen-bond acceptors (Lipinski definition) is 2. The van der Waals surface area contributed by atoms with Crippen molar-refractivity contribution in [3.63, 3.8) is 0 Å². The maximum Gasteiger partial charge on any atom is 0.194 e. The van der Waals surface area contributed by atoms with Gasteiger partial charge < -0.3 is 5.73 Å². The number of carbonyl (C=O) groups excluding carboxylic acids is 1. The lowest BCUT2D eigenvalue weighted by atomic mass is 10.00. The molecule has 0 atom stereocenters. The van der Waals surface area contributed by atoms with Gasteiger partial charge in [0.15, 0.2) is 5.78 Å². The van der Waals surface area contributed by atoms with Crippen LogP contribution in [0.5, 0.6) is 0 Å². The second kappa shape index (κ2) is 4.94. The topological polar surface area (TPSA) is 43.1 Å². The van der Waals surface area contributed by atoms with Crippen LogP contribution in [-0.2, 0) is 0 Å². The highest BCUT2D eigenvalue weighted by molar-refractivity contribution is 9.10. The molecule has 2 aromatic rings. The molecule has 0 radical (unpaired) electrons. The van der Waals surface area contributed by atoms with Gasteiger partial charge in [-0.3, -0.25) is 4.79 Å². The number of ketones is 1. The normalized spacial score (nSPS) is 10.4. The lowest BCUT2D eigenvalue weighted by Gasteiger charge is -2.07. The first kappa shape index (κ1) is 12.8. The highest BCUT2D eigenvalue weighted by atomic mass is 79.9. The van der Waals surface area contributed by atoms with Gasteiger partial charge in [-0.2, -0.15) is 0 Å². The summed E-state index contributed by atoms with van der Waals surface area (Å²) in [6.45, 7) is 3.87. The molecule has 2 N–H and O–H groups in total. The first-order valence-electron chi connectivity index (χ1n) is 5.66. The second-order valence-corrected chi connectivity index (χ2v) is 5.24. The zero-order valence-electron chi connectivity index (χ0n) is 10.3. The fraction of sp³-hybridized carbons (Fsp3) is 0.133. The van der Waals surface area contributed by atoms with Crippen molar-refractivity contribution in [1.29, 1.82) is 0 Å². The minimum Gasteiger partial charge on any atom is -0.399 e. The Morgan fingerprint density at radius 1 is 1.11 bits per heavy atom. The Bertz CT molecular complexity index is 620. The van der Waals surface area contributed by atoms with Crippen LogP contribution in [0.4, 0.5) is 5.69 Å². The Labute approximate surface area is 115 Å². The van der Waals surface area contributed by atoms with Gasteiger partial charge in [0.1, 0.15) is 0 Å². The summed E-state index contributed by atoms with van der Waals surface area (Å²) in [6.07, 6.45) is 0. The van der Waals surface area contributed by atoms with Crippen LogP contribution in [0, 0.1) is 13.8 Å². The van der Waals surface area contributed by atoms with E-state index >= 15 is 0 Å². The standard InChI is InChI=1S/C15H14BrNO/c1-9-3-5-13(16)12(7-9)15(18)11-4-6-14(17)10(2)8-11/h3-8H,17H2,1-2H3. The van der Waals surface area contributed by atoms with Crippen molar-refractivity contribution in [1.82, 2.24) is 0 Å². The zero-order valence-corrected chi connectivity index (χ0v) is 11.9. The first-order valence-corrected chi connectivity index (χ1v) is 6.45. The largest absolute Gasteiger partial charge is 0.399 e. The molecule has 0 heterocycles. The Kier molecular flexibility index (Phi) is 3.53. The number of benzene rings is 2. The first-order chi connectivity index (χ1) is 8.49. The van der Waals surface area contributed by atoms with Gasteiger partial charge in [-0.15, -0.1) is 0 Å². The van der Waals surface area contributed by atoms with Crippen LogP contribution in [0.1, 0.15) is 27.0 Å². The summed E-state index contributed by atoms with van der Waals surface area (Å²) < 4.78 is 0.813. The number of nitrogen functional groups attached to an aromatic ring is 1. The Morgan fingerprint density at radius 3 is 2.50 bits per heavy atom. The SMILES string of the molecule is Cc1ccc(Br)c(C(=O)c2ccc(N)c(C)c2)c1. The molecule has 0 fully saturated rings. The number of rotatable bonds is 2. The molecule has 2 rings (SSSR count). The molecule has 0 aromatic heterocycles. The number of carbonyl (C=O) groups is 1. The minimum absolute atomic E-state index is 0.00803. The van der Waals surface area contributed by atoms with E-state index in [2.05, 4.69) is 15.9 Å². The summed E-state index contributed by atoms with van der Waals surface area (Å²) in [5.41, 5.74) is 9.79. The van der Waals surface area contributed by atoms with E-state index in [9.17, 15) is 4.79 Å². The van der Waals surface area contributed by atoms with E-state index in [1.165, 1.54) is 0 Å². The number of nitrogens with two attached hydrogens (primary N) is 1. The molecule has 0 bridgehead atoms. The second-order valence-electron chi connectivity index (χ2n) is 4.38. The van der Waals surface area contributed by atoms with Gasteiger partial charge in [-0.05, 0) is 49.7 Å². The van der Waals surface area contributed by atoms with Crippen LogP contribution in [0.3, 0.4) is 0 Å². The van der Waals surface area contributed by atoms with E-state index in [0.717, 1.165) is 15.6 Å². The number of aryl methyl sites for hydroxylation is 2. The van der Waals surface area contributed by atoms with Gasteiger partial charge in [0.25, 0.3) is 0 Å². The lowest BCUT2D eigenvalue weighted by molar-refractivity contribution is 0.103. The van der Waals surface area contributed by atoms with Crippen molar-refractivity contribution < 1.29 is 4.79 Å². The predicted octanol–water partition coefficient (Wildman–Crippen LogP) is 3.88. The Morgan fingerprint density at radius 2 is 1.83 bits per heavy atom. The summed E-state index contributed by atoms with van der Waals surface area (Å²) in [4.78, 5) is 12.4. The average molecular weight is 304 g/mol. The fourth-order valence-electron chi connectivity index (χ4n) is 1.79. The van der Waals surface area contributed by atoms with Crippen molar-refractivity contribution in [2.75, 3.05) is 5.73 Å². The third kappa shape index (κ3) is 2.46. The minimum atomic E-state index is 0.00803. The maximum absolute atomic E-state index is 12.4. The maximum atomic E-state index is 12.4. The van der Waals surface area contributed by atoms with Gasteiger partial charge in [-0.1, -0.05) is 27.6 Å². The number of hydrogen-bond donors (Lipinski definition) is 1. The van der Waals surface area contributed by atoms with Gasteiger partial charge in [0.05, 0.1) is 0 Å². The molecule has 0 spiro atoms. The molecule has 0 unspecified atom stereocenters. The van der Waals surface area contributed by atoms with Crippen molar-refractivity contribution >= 4 is 27.4 Å². The molecule has 0 aliphatic carbocycles. The van der Waals surface area contributed by atoms with Crippen LogP contribution in [0.2, 0.25) is 0 Å². The van der Waals surface area contributed by atoms with Gasteiger partial charge >= 0.3 is 0 Å². The molecule has 0 aliphatic rings. The highest BCUT2D eigenvalue weighted by Gasteiger charge is 2.13. The molecule has 0 amide bonds. The van der Waals surface area contributed by atoms with E-state index < -0.39 is 0 Å².